The predicted molar refractivity (Wildman–Crippen MR) is 265 cm³/mol. The summed E-state index contributed by atoms with van der Waals surface area (Å²) < 4.78 is 0. The molecule has 64 heavy (non-hydrogen) atoms. The maximum atomic E-state index is 5.69. The van der Waals surface area contributed by atoms with Gasteiger partial charge in [-0.25, -0.2) is 9.97 Å². The number of hydrogen-bond acceptors (Lipinski definition) is 10. The van der Waals surface area contributed by atoms with Crippen molar-refractivity contribution in [2.45, 2.75) is 23.6 Å². The van der Waals surface area contributed by atoms with E-state index in [1.807, 2.05) is 147 Å². The summed E-state index contributed by atoms with van der Waals surface area (Å²) in [5.41, 5.74) is 13.6. The maximum Gasteiger partial charge on any atom is 2.00 e. The average molecular weight is 947 g/mol. The van der Waals surface area contributed by atoms with Crippen LogP contribution >= 0.6 is 35.1 Å². The second-order valence-electron chi connectivity index (χ2n) is 13.9. The second kappa shape index (κ2) is 21.4. The molecule has 8 bridgehead atoms. The van der Waals surface area contributed by atoms with Gasteiger partial charge in [-0.1, -0.05) is 135 Å². The first-order chi connectivity index (χ1) is 30.9. The van der Waals surface area contributed by atoms with E-state index in [0.29, 0.717) is 45.9 Å². The zero-order valence-corrected chi connectivity index (χ0v) is 38.8. The fraction of sp³-hybridized carbons (Fsp3) is 0.120. The first-order valence-electron chi connectivity index (χ1n) is 20.4. The molecule has 3 N–H and O–H groups in total. The van der Waals surface area contributed by atoms with Crippen LogP contribution in [0.4, 0.5) is 11.4 Å². The van der Waals surface area contributed by atoms with Crippen LogP contribution in [-0.4, -0.2) is 54.8 Å². The molecule has 1 radical (unpaired) electrons. The summed E-state index contributed by atoms with van der Waals surface area (Å²) in [4.78, 5) is 41.8. The molecule has 2 aliphatic heterocycles. The van der Waals surface area contributed by atoms with Gasteiger partial charge in [-0.05, 0) is 57.8 Å². The van der Waals surface area contributed by atoms with E-state index in [9.17, 15) is 0 Å². The van der Waals surface area contributed by atoms with Crippen LogP contribution in [0.1, 0.15) is 13.8 Å². The van der Waals surface area contributed by atoms with E-state index in [1.54, 1.807) is 23.5 Å². The van der Waals surface area contributed by atoms with Crippen molar-refractivity contribution in [2.75, 3.05) is 36.0 Å². The topological polar surface area (TPSA) is 144 Å². The van der Waals surface area contributed by atoms with E-state index in [0.717, 1.165) is 61.1 Å². The van der Waals surface area contributed by atoms with E-state index >= 15 is 0 Å². The molecule has 0 unspecified atom stereocenters. The van der Waals surface area contributed by atoms with E-state index in [4.69, 9.17) is 57.2 Å². The molecule has 14 heteroatoms. The standard InChI is InChI=1S/C32H16N8.2C8H11NS.C2H5Cl.Cu/c1-2-10-18-17(9-1)25-33-26(18)38-28-21-13-5-6-14-22(21)30(35-28)40-32-24-16-8-7-15-23(24)31(36-32)39-29-20-12-4-3-11-19(20)27(34-29)37-25;1-9-7-5-3-4-6-8(7)10-2;1-2-10-8-6-4-3-5-7(8)9;1-2-3;/h1-16H;3-6,9H,1-2H3;3-6H,2,9H2,1H3;2H2,1H3;/q-2;;;;+2. The largest absolute Gasteiger partial charge is 2.00 e. The number of nitrogens with zero attached hydrogens (tertiary/aromatic N) is 8. The Bertz CT molecular complexity index is 2880. The Balaban J connectivity index is 0.000000210. The Morgan fingerprint density at radius 2 is 0.828 bits per heavy atom. The van der Waals surface area contributed by atoms with E-state index in [-0.39, 0.29) is 17.1 Å². The number of nitrogen functional groups attached to an aromatic ring is 1. The molecule has 0 aliphatic carbocycles. The third kappa shape index (κ3) is 9.79. The third-order valence-electron chi connectivity index (χ3n) is 9.93. The molecule has 5 heterocycles. The fourth-order valence-electron chi connectivity index (χ4n) is 7.08. The van der Waals surface area contributed by atoms with Gasteiger partial charge in [0.1, 0.15) is 0 Å². The minimum absolute atomic E-state index is 0. The summed E-state index contributed by atoms with van der Waals surface area (Å²) in [5, 5.41) is 6.70. The molecular weight excluding hydrogens is 904 g/mol. The van der Waals surface area contributed by atoms with Gasteiger partial charge in [0.05, 0.1) is 23.3 Å². The summed E-state index contributed by atoms with van der Waals surface area (Å²) in [6.07, 6.45) is 2.08. The van der Waals surface area contributed by atoms with Crippen LogP contribution in [0.15, 0.2) is 155 Å². The summed E-state index contributed by atoms with van der Waals surface area (Å²) in [6, 6.07) is 48.0. The average Bonchev–Trinajstić information content (AvgIpc) is 4.06. The van der Waals surface area contributed by atoms with Crippen molar-refractivity contribution in [3.63, 3.8) is 0 Å². The zero-order chi connectivity index (χ0) is 43.7. The number of thioether (sulfide) groups is 2. The zero-order valence-electron chi connectivity index (χ0n) is 35.4. The van der Waals surface area contributed by atoms with Crippen LogP contribution in [0, 0.1) is 0 Å². The van der Waals surface area contributed by atoms with Gasteiger partial charge in [0.15, 0.2) is 0 Å². The maximum absolute atomic E-state index is 5.69. The molecule has 9 aromatic rings. The number of aromatic nitrogens is 8. The monoisotopic (exact) mass is 945 g/mol. The Labute approximate surface area is 395 Å². The molecular formula is C50H43ClCuN10S2. The fourth-order valence-corrected chi connectivity index (χ4v) is 8.40. The molecule has 0 atom stereocenters. The quantitative estimate of drug-likeness (QED) is 0.0750. The number of hydrogen-bond donors (Lipinski definition) is 2. The van der Waals surface area contributed by atoms with Crippen LogP contribution in [0.5, 0.6) is 0 Å². The molecule has 0 saturated heterocycles. The van der Waals surface area contributed by atoms with Crippen molar-refractivity contribution in [2.24, 2.45) is 0 Å². The van der Waals surface area contributed by atoms with Crippen molar-refractivity contribution in [3.8, 4) is 45.6 Å². The molecule has 0 spiro atoms. The third-order valence-corrected chi connectivity index (χ3v) is 11.7. The smallest absolute Gasteiger partial charge is 0.398 e. The first kappa shape index (κ1) is 45.8. The molecule has 6 aromatic carbocycles. The SMILES string of the molecule is CCCl.CCSc1ccccc1N.CNc1ccccc1SC.[Cu+2].c1ccc2c(c1)-c1nc-2nc2[n-]c(nc3nc(nc4[n-]c(n1)c1ccccc41)-c1ccccc1-3)c1ccccc21. The van der Waals surface area contributed by atoms with E-state index < -0.39 is 0 Å². The van der Waals surface area contributed by atoms with Crippen molar-refractivity contribution in [3.05, 3.63) is 146 Å². The van der Waals surface area contributed by atoms with Gasteiger partial charge in [-0.2, -0.15) is 0 Å². The summed E-state index contributed by atoms with van der Waals surface area (Å²) in [7, 11) is 1.94. The van der Waals surface area contributed by atoms with Crippen molar-refractivity contribution < 1.29 is 17.1 Å². The summed E-state index contributed by atoms with van der Waals surface area (Å²) in [5.74, 6) is 4.01. The van der Waals surface area contributed by atoms with Gasteiger partial charge in [0.25, 0.3) is 0 Å². The Morgan fingerprint density at radius 1 is 0.500 bits per heavy atom. The number of rotatable bonds is 4. The van der Waals surface area contributed by atoms with Gasteiger partial charge >= 0.3 is 17.1 Å². The van der Waals surface area contributed by atoms with Crippen molar-refractivity contribution in [1.82, 2.24) is 39.9 Å². The van der Waals surface area contributed by atoms with Gasteiger partial charge < -0.3 is 41.0 Å². The minimum Gasteiger partial charge on any atom is -0.398 e. The van der Waals surface area contributed by atoms with Crippen LogP contribution in [0.2, 0.25) is 0 Å². The minimum atomic E-state index is 0. The molecule has 0 saturated carbocycles. The van der Waals surface area contributed by atoms with Gasteiger partial charge in [-0.3, -0.25) is 0 Å². The molecule has 3 aromatic heterocycles. The van der Waals surface area contributed by atoms with Crippen molar-refractivity contribution >= 4 is 90.6 Å². The number of anilines is 2. The molecule has 0 fully saturated rings. The summed E-state index contributed by atoms with van der Waals surface area (Å²) >= 11 is 8.53. The second-order valence-corrected chi connectivity index (χ2v) is 16.5. The Kier molecular flexibility index (Phi) is 15.3. The molecule has 10 nitrogen and oxygen atoms in total. The normalized spacial score (nSPS) is 10.8. The van der Waals surface area contributed by atoms with Crippen molar-refractivity contribution in [1.29, 1.82) is 0 Å². The molecule has 11 rings (SSSR count). The Hall–Kier alpha value is -6.21. The van der Waals surface area contributed by atoms with E-state index in [2.05, 4.69) is 30.6 Å². The number of nitrogens with two attached hydrogens (primary N) is 1. The number of para-hydroxylation sites is 2. The van der Waals surface area contributed by atoms with Crippen LogP contribution in [-0.2, 0) is 17.1 Å². The van der Waals surface area contributed by atoms with Crippen LogP contribution in [0.3, 0.4) is 0 Å². The molecule has 2 aliphatic rings. The van der Waals surface area contributed by atoms with Gasteiger partial charge in [-0.15, -0.1) is 35.1 Å². The number of nitrogens with one attached hydrogen (secondary N) is 1. The Morgan fingerprint density at radius 3 is 1.16 bits per heavy atom. The number of alkyl halides is 1. The number of fused-ring (bicyclic) bond motifs is 20. The van der Waals surface area contributed by atoms with E-state index in [1.165, 1.54) is 15.5 Å². The van der Waals surface area contributed by atoms with Gasteiger partial charge in [0.2, 0.25) is 0 Å². The molecule has 0 amide bonds. The number of benzene rings is 6. The summed E-state index contributed by atoms with van der Waals surface area (Å²) in [6.45, 7) is 4.01. The van der Waals surface area contributed by atoms with Crippen LogP contribution in [0.25, 0.3) is 89.7 Å². The molecule has 323 valence electrons. The predicted octanol–water partition coefficient (Wildman–Crippen LogP) is 12.2. The first-order valence-corrected chi connectivity index (χ1v) is 23.1. The number of halogens is 1. The van der Waals surface area contributed by atoms with Crippen LogP contribution < -0.4 is 21.0 Å². The van der Waals surface area contributed by atoms with Gasteiger partial charge in [0, 0.05) is 78.9 Å².